The maximum atomic E-state index is 2.38. The lowest BCUT2D eigenvalue weighted by molar-refractivity contribution is -0.826. The molecule has 0 N–H and O–H groups in total. The maximum Gasteiger partial charge on any atom is 0.101 e. The van der Waals surface area contributed by atoms with Crippen LogP contribution in [-0.2, 0) is 0 Å². The summed E-state index contributed by atoms with van der Waals surface area (Å²) in [6.07, 6.45) is 33.7. The fraction of sp³-hybridized carbons (Fsp3) is 0.840. The highest BCUT2D eigenvalue weighted by Crippen LogP contribution is 2.19. The summed E-state index contributed by atoms with van der Waals surface area (Å²) in [5.74, 6) is 0. The van der Waals surface area contributed by atoms with Crippen LogP contribution in [0.15, 0.2) is 24.6 Å². The minimum atomic E-state index is 0. The zero-order valence-electron chi connectivity index (χ0n) is 18.6. The highest BCUT2D eigenvalue weighted by Gasteiger charge is 2.22. The van der Waals surface area contributed by atoms with E-state index in [0.29, 0.717) is 0 Å². The van der Waals surface area contributed by atoms with E-state index in [1.807, 2.05) is 0 Å². The Labute approximate surface area is 182 Å². The van der Waals surface area contributed by atoms with Crippen molar-refractivity contribution in [1.29, 1.82) is 0 Å². The van der Waals surface area contributed by atoms with Gasteiger partial charge in [-0.2, -0.15) is 0 Å². The Balaban J connectivity index is 0.00000676. The van der Waals surface area contributed by atoms with Crippen LogP contribution in [0.2, 0.25) is 0 Å². The zero-order chi connectivity index (χ0) is 18.8. The molecule has 0 atom stereocenters. The number of rotatable bonds is 19. The number of nitrogens with zero attached hydrogens (tertiary/aromatic N) is 1. The lowest BCUT2D eigenvalue weighted by Gasteiger charge is -2.28. The molecule has 160 valence electrons. The van der Waals surface area contributed by atoms with Gasteiger partial charge in [0.25, 0.3) is 0 Å². The molecule has 1 aliphatic heterocycles. The molecule has 0 aliphatic carbocycles. The van der Waals surface area contributed by atoms with E-state index >= 15 is 0 Å². The van der Waals surface area contributed by atoms with Crippen LogP contribution < -0.4 is 17.0 Å². The van der Waals surface area contributed by atoms with Crippen LogP contribution in [0.5, 0.6) is 0 Å². The number of hydrogen-bond donors (Lipinski definition) is 0. The first kappa shape index (κ1) is 26.9. The molecule has 0 aromatic rings. The van der Waals surface area contributed by atoms with Crippen molar-refractivity contribution in [3.63, 3.8) is 0 Å². The third-order valence-corrected chi connectivity index (χ3v) is 5.94. The fourth-order valence-electron chi connectivity index (χ4n) is 4.27. The molecule has 1 aliphatic rings. The van der Waals surface area contributed by atoms with Crippen molar-refractivity contribution in [3.8, 4) is 0 Å². The Kier molecular flexibility index (Phi) is 19.2. The van der Waals surface area contributed by atoms with Crippen molar-refractivity contribution < 1.29 is 21.5 Å². The molecule has 0 bridgehead atoms. The van der Waals surface area contributed by atoms with Gasteiger partial charge >= 0.3 is 0 Å². The third kappa shape index (κ3) is 14.6. The van der Waals surface area contributed by atoms with Crippen molar-refractivity contribution in [2.45, 2.75) is 123 Å². The summed E-state index contributed by atoms with van der Waals surface area (Å²) < 4.78 is 1.11. The average molecular weight is 443 g/mol. The van der Waals surface area contributed by atoms with E-state index in [0.717, 1.165) is 4.48 Å². The predicted octanol–water partition coefficient (Wildman–Crippen LogP) is 5.52. The first-order valence-corrected chi connectivity index (χ1v) is 12.1. The van der Waals surface area contributed by atoms with Gasteiger partial charge in [-0.05, 0) is 31.4 Å². The molecule has 2 heteroatoms. The van der Waals surface area contributed by atoms with E-state index < -0.39 is 0 Å². The van der Waals surface area contributed by atoms with Gasteiger partial charge in [0, 0.05) is 0 Å². The number of allylic oxidation sites excluding steroid dienone is 2. The van der Waals surface area contributed by atoms with Crippen LogP contribution in [0.3, 0.4) is 0 Å². The molecule has 0 spiro atoms. The Morgan fingerprint density at radius 1 is 0.444 bits per heavy atom. The molecular formula is C25H48BrN. The van der Waals surface area contributed by atoms with Crippen LogP contribution in [0, 0.1) is 0 Å². The van der Waals surface area contributed by atoms with Crippen LogP contribution in [0.25, 0.3) is 0 Å². The van der Waals surface area contributed by atoms with Crippen molar-refractivity contribution in [3.05, 3.63) is 24.6 Å². The van der Waals surface area contributed by atoms with E-state index in [-0.39, 0.29) is 17.0 Å². The van der Waals surface area contributed by atoms with Crippen LogP contribution in [0.4, 0.5) is 0 Å². The first-order chi connectivity index (χ1) is 12.8. The minimum absolute atomic E-state index is 0. The normalized spacial score (nSPS) is 14.6. The number of quaternary nitrogens is 1. The molecule has 1 nitrogen and oxygen atoms in total. The highest BCUT2D eigenvalue weighted by molar-refractivity contribution is 5.03. The predicted molar refractivity (Wildman–Crippen MR) is 118 cm³/mol. The van der Waals surface area contributed by atoms with Gasteiger partial charge in [0.05, 0.1) is 13.1 Å². The molecule has 0 saturated carbocycles. The van der Waals surface area contributed by atoms with Gasteiger partial charge in [0.15, 0.2) is 0 Å². The molecule has 0 aromatic heterocycles. The summed E-state index contributed by atoms with van der Waals surface area (Å²) in [6, 6.07) is 0. The van der Waals surface area contributed by atoms with Crippen molar-refractivity contribution >= 4 is 0 Å². The molecular weight excluding hydrogens is 394 g/mol. The lowest BCUT2D eigenvalue weighted by Crippen LogP contribution is -3.00. The summed E-state index contributed by atoms with van der Waals surface area (Å²) in [5.41, 5.74) is 0. The molecule has 0 aromatic carbocycles. The molecule has 0 fully saturated rings. The van der Waals surface area contributed by atoms with E-state index in [1.165, 1.54) is 122 Å². The maximum absolute atomic E-state index is 2.38. The van der Waals surface area contributed by atoms with Crippen molar-refractivity contribution in [1.82, 2.24) is 0 Å². The second kappa shape index (κ2) is 19.2. The molecule has 1 rings (SSSR count). The van der Waals surface area contributed by atoms with E-state index in [9.17, 15) is 0 Å². The Hall–Kier alpha value is -0.0800. The van der Waals surface area contributed by atoms with Gasteiger partial charge in [-0.1, -0.05) is 104 Å². The molecule has 1 heterocycles. The molecule has 0 saturated heterocycles. The summed E-state index contributed by atoms with van der Waals surface area (Å²) in [6.45, 7) is 7.17. The standard InChI is InChI=1S/C25H48N.BrH/c1-3-5-6-7-8-9-10-11-12-13-14-15-16-17-18-19-23-26(22-4-2)24-20-21-25-26;/h20-21,24-25H,3-19,22-23H2,1-2H3;1H/q+1;/p-1. The smallest absolute Gasteiger partial charge is 0.101 e. The van der Waals surface area contributed by atoms with Crippen LogP contribution in [-0.4, -0.2) is 17.6 Å². The van der Waals surface area contributed by atoms with E-state index in [4.69, 9.17) is 0 Å². The number of unbranched alkanes of at least 4 members (excludes halogenated alkanes) is 15. The van der Waals surface area contributed by atoms with Crippen LogP contribution in [0.1, 0.15) is 123 Å². The monoisotopic (exact) mass is 441 g/mol. The van der Waals surface area contributed by atoms with Crippen LogP contribution >= 0.6 is 0 Å². The Bertz CT molecular complexity index is 349. The van der Waals surface area contributed by atoms with Gasteiger partial charge in [-0.15, -0.1) is 0 Å². The van der Waals surface area contributed by atoms with E-state index in [2.05, 4.69) is 38.4 Å². The van der Waals surface area contributed by atoms with Crippen molar-refractivity contribution in [2.24, 2.45) is 0 Å². The fourth-order valence-corrected chi connectivity index (χ4v) is 4.27. The molecule has 27 heavy (non-hydrogen) atoms. The number of hydrogen-bond acceptors (Lipinski definition) is 0. The summed E-state index contributed by atoms with van der Waals surface area (Å²) >= 11 is 0. The van der Waals surface area contributed by atoms with Gasteiger partial charge in [-0.3, -0.25) is 4.48 Å². The average Bonchev–Trinajstić information content (AvgIpc) is 3.10. The topological polar surface area (TPSA) is 0 Å². The molecule has 0 amide bonds. The van der Waals surface area contributed by atoms with Gasteiger partial charge in [0.1, 0.15) is 12.4 Å². The summed E-state index contributed by atoms with van der Waals surface area (Å²) in [4.78, 5) is 0. The highest BCUT2D eigenvalue weighted by atomic mass is 79.9. The summed E-state index contributed by atoms with van der Waals surface area (Å²) in [5, 5.41) is 0. The largest absolute Gasteiger partial charge is 1.00 e. The molecule has 0 unspecified atom stereocenters. The first-order valence-electron chi connectivity index (χ1n) is 12.1. The molecule has 0 radical (unpaired) electrons. The van der Waals surface area contributed by atoms with Gasteiger partial charge in [0.2, 0.25) is 0 Å². The second-order valence-electron chi connectivity index (χ2n) is 8.54. The SMILES string of the molecule is CCCCCCCCCCCCCCCCCC[N+]1(CCC)C=CC=C1.[Br-]. The quantitative estimate of drug-likeness (QED) is 0.183. The second-order valence-corrected chi connectivity index (χ2v) is 8.54. The van der Waals surface area contributed by atoms with Gasteiger partial charge < -0.3 is 17.0 Å². The number of halogens is 1. The Morgan fingerprint density at radius 2 is 0.815 bits per heavy atom. The summed E-state index contributed by atoms with van der Waals surface area (Å²) in [7, 11) is 0. The minimum Gasteiger partial charge on any atom is -1.00 e. The van der Waals surface area contributed by atoms with E-state index in [1.54, 1.807) is 0 Å². The third-order valence-electron chi connectivity index (χ3n) is 5.94. The van der Waals surface area contributed by atoms with Gasteiger partial charge in [-0.25, -0.2) is 0 Å². The Morgan fingerprint density at radius 3 is 1.19 bits per heavy atom. The zero-order valence-corrected chi connectivity index (χ0v) is 20.2. The van der Waals surface area contributed by atoms with Crippen molar-refractivity contribution in [2.75, 3.05) is 13.1 Å². The lowest BCUT2D eigenvalue weighted by atomic mass is 10.0.